The Hall–Kier alpha value is -1.34. The number of hydrogen-bond acceptors (Lipinski definition) is 3. The first kappa shape index (κ1) is 16.0. The summed E-state index contributed by atoms with van der Waals surface area (Å²) in [4.78, 5) is 24.1. The maximum absolute atomic E-state index is 12.2. The molecule has 0 aliphatic carbocycles. The van der Waals surface area contributed by atoms with Gasteiger partial charge in [-0.3, -0.25) is 0 Å². The Kier molecular flexibility index (Phi) is 3.70. The largest absolute Gasteiger partial charge is 0.408 e. The van der Waals surface area contributed by atoms with Gasteiger partial charge in [-0.1, -0.05) is 20.8 Å². The lowest BCUT2D eigenvalue weighted by atomic mass is 10.2. The van der Waals surface area contributed by atoms with Crippen molar-refractivity contribution in [2.24, 2.45) is 7.05 Å². The van der Waals surface area contributed by atoms with Crippen molar-refractivity contribution in [3.63, 3.8) is 0 Å². The zero-order chi connectivity index (χ0) is 16.2. The quantitative estimate of drug-likeness (QED) is 0.782. The van der Waals surface area contributed by atoms with Crippen molar-refractivity contribution in [1.29, 1.82) is 0 Å². The smallest absolute Gasteiger partial charge is 0.351 e. The molecule has 2 rings (SSSR count). The molecule has 0 fully saturated rings. The fourth-order valence-electron chi connectivity index (χ4n) is 2.20. The van der Waals surface area contributed by atoms with Crippen LogP contribution in [0, 0.1) is 0 Å². The Morgan fingerprint density at radius 3 is 2.29 bits per heavy atom. The normalized spacial score (nSPS) is 22.4. The van der Waals surface area contributed by atoms with Crippen LogP contribution in [0.4, 0.5) is 0 Å². The van der Waals surface area contributed by atoms with E-state index in [9.17, 15) is 9.59 Å². The highest BCUT2D eigenvalue weighted by molar-refractivity contribution is 6.74. The predicted molar refractivity (Wildman–Crippen MR) is 86.0 cm³/mol. The molecular formula is C14H25N3O3Si. The van der Waals surface area contributed by atoms with Crippen molar-refractivity contribution < 1.29 is 4.43 Å². The molecule has 0 N–H and O–H groups in total. The van der Waals surface area contributed by atoms with Gasteiger partial charge in [0.2, 0.25) is 0 Å². The van der Waals surface area contributed by atoms with Gasteiger partial charge in [0.15, 0.2) is 8.32 Å². The average Bonchev–Trinajstić information content (AvgIpc) is 2.57. The minimum atomic E-state index is -1.94. The Morgan fingerprint density at radius 2 is 1.76 bits per heavy atom. The van der Waals surface area contributed by atoms with Gasteiger partial charge < -0.3 is 4.43 Å². The van der Waals surface area contributed by atoms with Gasteiger partial charge in [-0.15, -0.1) is 0 Å². The van der Waals surface area contributed by atoms with Crippen LogP contribution < -0.4 is 11.4 Å². The highest BCUT2D eigenvalue weighted by Crippen LogP contribution is 2.38. The summed E-state index contributed by atoms with van der Waals surface area (Å²) < 4.78 is 10.3. The Bertz CT molecular complexity index is 688. The van der Waals surface area contributed by atoms with Crippen LogP contribution in [-0.2, 0) is 11.5 Å². The van der Waals surface area contributed by atoms with E-state index in [0.717, 1.165) is 4.57 Å². The third-order valence-corrected chi connectivity index (χ3v) is 9.19. The molecular weight excluding hydrogens is 286 g/mol. The molecule has 2 atom stereocenters. The molecule has 1 aliphatic rings. The molecule has 6 nitrogen and oxygen atoms in total. The molecule has 0 bridgehead atoms. The lowest BCUT2D eigenvalue weighted by Crippen LogP contribution is -2.47. The van der Waals surface area contributed by atoms with E-state index in [0.29, 0.717) is 0 Å². The van der Waals surface area contributed by atoms with Crippen LogP contribution in [0.25, 0.3) is 6.20 Å². The molecule has 0 radical (unpaired) electrons. The van der Waals surface area contributed by atoms with Crippen molar-refractivity contribution in [3.8, 4) is 0 Å². The zero-order valence-electron chi connectivity index (χ0n) is 13.9. The summed E-state index contributed by atoms with van der Waals surface area (Å²) in [5.74, 6) is 0. The summed E-state index contributed by atoms with van der Waals surface area (Å²) in [6, 6.07) is -0.203. The van der Waals surface area contributed by atoms with Crippen LogP contribution in [0.15, 0.2) is 15.7 Å². The molecule has 0 unspecified atom stereocenters. The van der Waals surface area contributed by atoms with Crippen LogP contribution >= 0.6 is 0 Å². The van der Waals surface area contributed by atoms with Gasteiger partial charge in [-0.05, 0) is 31.1 Å². The summed E-state index contributed by atoms with van der Waals surface area (Å²) in [7, 11) is -0.447. The summed E-state index contributed by atoms with van der Waals surface area (Å²) in [6.45, 7) is 12.8. The Morgan fingerprint density at radius 1 is 1.19 bits per heavy atom. The fourth-order valence-corrected chi connectivity index (χ4v) is 3.51. The fraction of sp³-hybridized carbons (Fsp3) is 0.714. The van der Waals surface area contributed by atoms with E-state index < -0.39 is 8.32 Å². The minimum Gasteiger partial charge on any atom is -0.408 e. The number of fused-ring (bicyclic) bond motifs is 1. The van der Waals surface area contributed by atoms with E-state index in [1.54, 1.807) is 6.20 Å². The predicted octanol–water partition coefficient (Wildman–Crippen LogP) is 1.78. The molecule has 1 aromatic rings. The van der Waals surface area contributed by atoms with E-state index in [-0.39, 0.29) is 28.6 Å². The zero-order valence-corrected chi connectivity index (χ0v) is 14.9. The topological polar surface area (TPSA) is 58.2 Å². The van der Waals surface area contributed by atoms with Crippen LogP contribution in [0.2, 0.25) is 18.1 Å². The van der Waals surface area contributed by atoms with Gasteiger partial charge in [-0.2, -0.15) is 0 Å². The summed E-state index contributed by atoms with van der Waals surface area (Å²) >= 11 is 0. The number of aromatic nitrogens is 3. The van der Waals surface area contributed by atoms with Crippen molar-refractivity contribution in [1.82, 2.24) is 13.9 Å². The first-order valence-electron chi connectivity index (χ1n) is 7.23. The van der Waals surface area contributed by atoms with E-state index in [1.165, 1.54) is 16.4 Å². The lowest BCUT2D eigenvalue weighted by Gasteiger charge is -2.40. The minimum absolute atomic E-state index is 0.0966. The van der Waals surface area contributed by atoms with Gasteiger partial charge >= 0.3 is 11.4 Å². The van der Waals surface area contributed by atoms with E-state index in [2.05, 4.69) is 33.9 Å². The molecule has 1 aromatic heterocycles. The second-order valence-electron chi connectivity index (χ2n) is 7.24. The standard InChI is InChI=1S/C14H25N3O3Si/c1-10-11(20-21(6,7)14(2,3)4)8-9-16-12(18)15(5)13(19)17(10)16/h8-11H,1-7H3/t10-,11-/m0/s1. The van der Waals surface area contributed by atoms with Gasteiger partial charge in [0, 0.05) is 13.2 Å². The van der Waals surface area contributed by atoms with E-state index in [1.807, 2.05) is 13.0 Å². The second kappa shape index (κ2) is 4.84. The molecule has 0 amide bonds. The van der Waals surface area contributed by atoms with Gasteiger partial charge in [-0.25, -0.2) is 23.5 Å². The van der Waals surface area contributed by atoms with Crippen LogP contribution in [0.5, 0.6) is 0 Å². The van der Waals surface area contributed by atoms with Crippen LogP contribution in [0.1, 0.15) is 33.7 Å². The molecule has 0 saturated heterocycles. The van der Waals surface area contributed by atoms with Crippen molar-refractivity contribution in [2.75, 3.05) is 0 Å². The summed E-state index contributed by atoms with van der Waals surface area (Å²) in [5.41, 5.74) is -0.630. The molecule has 7 heteroatoms. The van der Waals surface area contributed by atoms with E-state index in [4.69, 9.17) is 4.43 Å². The highest BCUT2D eigenvalue weighted by atomic mass is 28.4. The third kappa shape index (κ3) is 2.48. The van der Waals surface area contributed by atoms with Gasteiger partial charge in [0.25, 0.3) is 0 Å². The molecule has 21 heavy (non-hydrogen) atoms. The SMILES string of the molecule is C[C@H]1[C@@H](O[Si](C)(C)C(C)(C)C)C=Cn2c(=O)n(C)c(=O)n21. The second-order valence-corrected chi connectivity index (χ2v) is 12.0. The molecule has 1 aliphatic heterocycles. The Balaban J connectivity index is 2.39. The lowest BCUT2D eigenvalue weighted by molar-refractivity contribution is 0.152. The van der Waals surface area contributed by atoms with Crippen molar-refractivity contribution in [2.45, 2.75) is 58.0 Å². The first-order chi connectivity index (χ1) is 9.47. The summed E-state index contributed by atoms with van der Waals surface area (Å²) in [5, 5.41) is 0.0966. The van der Waals surface area contributed by atoms with Crippen molar-refractivity contribution >= 4 is 14.5 Å². The maximum Gasteiger partial charge on any atom is 0.351 e. The average molecular weight is 311 g/mol. The van der Waals surface area contributed by atoms with Crippen LogP contribution in [0.3, 0.4) is 0 Å². The number of rotatable bonds is 2. The van der Waals surface area contributed by atoms with Crippen molar-refractivity contribution in [3.05, 3.63) is 27.0 Å². The monoisotopic (exact) mass is 311 g/mol. The molecule has 2 heterocycles. The van der Waals surface area contributed by atoms with E-state index >= 15 is 0 Å². The maximum atomic E-state index is 12.2. The molecule has 118 valence electrons. The highest BCUT2D eigenvalue weighted by Gasteiger charge is 2.41. The van der Waals surface area contributed by atoms with Crippen LogP contribution in [-0.4, -0.2) is 28.4 Å². The van der Waals surface area contributed by atoms with Gasteiger partial charge in [0.05, 0.1) is 12.1 Å². The number of nitrogens with zero attached hydrogens (tertiary/aromatic N) is 3. The number of hydrogen-bond donors (Lipinski definition) is 0. The summed E-state index contributed by atoms with van der Waals surface area (Å²) in [6.07, 6.45) is 3.33. The third-order valence-electron chi connectivity index (χ3n) is 4.71. The Labute approximate surface area is 125 Å². The molecule has 0 spiro atoms. The molecule has 0 aromatic carbocycles. The van der Waals surface area contributed by atoms with Gasteiger partial charge in [0.1, 0.15) is 0 Å². The first-order valence-corrected chi connectivity index (χ1v) is 10.1. The molecule has 0 saturated carbocycles.